The average molecular weight is 149 g/mol. The summed E-state index contributed by atoms with van der Waals surface area (Å²) in [4.78, 5) is 0. The number of hydrogen-bond acceptors (Lipinski definition) is 2. The quantitative estimate of drug-likeness (QED) is 0.439. The van der Waals surface area contributed by atoms with E-state index in [0.29, 0.717) is 6.61 Å². The first-order valence-corrected chi connectivity index (χ1v) is 3.58. The molecule has 1 atom stereocenters. The zero-order valence-corrected chi connectivity index (χ0v) is 6.74. The third-order valence-electron chi connectivity index (χ3n) is 0.944. The van der Waals surface area contributed by atoms with Crippen LogP contribution in [0, 0.1) is 0 Å². The van der Waals surface area contributed by atoms with Gasteiger partial charge in [0, 0.05) is 7.11 Å². The number of rotatable bonds is 5. The Morgan fingerprint density at radius 1 is 1.56 bits per heavy atom. The molecule has 0 saturated carbocycles. The molecule has 1 radical (unpaired) electrons. The molecule has 0 aromatic rings. The van der Waals surface area contributed by atoms with Crippen molar-refractivity contribution in [1.82, 2.24) is 0 Å². The molecule has 0 fully saturated rings. The molecule has 9 heavy (non-hydrogen) atoms. The highest BCUT2D eigenvalue weighted by atomic mass is 32.1. The van der Waals surface area contributed by atoms with Crippen LogP contribution in [0.15, 0.2) is 0 Å². The van der Waals surface area contributed by atoms with E-state index in [1.54, 1.807) is 7.11 Å². The molecule has 0 aliphatic heterocycles. The fraction of sp³-hybridized carbons (Fsp3) is 1.00. The van der Waals surface area contributed by atoms with E-state index in [4.69, 9.17) is 17.4 Å². The molecule has 0 aliphatic carbocycles. The van der Waals surface area contributed by atoms with Crippen molar-refractivity contribution in [1.29, 1.82) is 0 Å². The Kier molecular flexibility index (Phi) is 6.58. The first kappa shape index (κ1) is 9.27. The van der Waals surface area contributed by atoms with Crippen LogP contribution in [-0.2, 0) is 9.47 Å². The van der Waals surface area contributed by atoms with Gasteiger partial charge in [0.1, 0.15) is 0 Å². The third-order valence-corrected chi connectivity index (χ3v) is 1.27. The normalized spacial score (nSPS) is 13.7. The van der Waals surface area contributed by atoms with Gasteiger partial charge in [-0.1, -0.05) is 13.3 Å². The van der Waals surface area contributed by atoms with Crippen molar-refractivity contribution in [3.05, 3.63) is 0 Å². The topological polar surface area (TPSA) is 18.5 Å². The van der Waals surface area contributed by atoms with Crippen LogP contribution >= 0.6 is 12.6 Å². The number of ether oxygens (including phenoxy) is 2. The Morgan fingerprint density at radius 2 is 2.22 bits per heavy atom. The fourth-order valence-electron chi connectivity index (χ4n) is 0.392. The van der Waals surface area contributed by atoms with E-state index in [1.807, 2.05) is 0 Å². The van der Waals surface area contributed by atoms with Crippen molar-refractivity contribution in [3.8, 4) is 0 Å². The van der Waals surface area contributed by atoms with Gasteiger partial charge in [-0.3, -0.25) is 0 Å². The molecular weight excluding hydrogens is 136 g/mol. The van der Waals surface area contributed by atoms with Gasteiger partial charge in [0.05, 0.1) is 6.61 Å². The van der Waals surface area contributed by atoms with Gasteiger partial charge in [0.2, 0.25) is 5.62 Å². The maximum absolute atomic E-state index is 5.02. The maximum atomic E-state index is 5.02. The summed E-state index contributed by atoms with van der Waals surface area (Å²) in [5.74, 6) is 0. The van der Waals surface area contributed by atoms with E-state index in [9.17, 15) is 0 Å². The molecule has 1 unspecified atom stereocenters. The van der Waals surface area contributed by atoms with Crippen LogP contribution in [0.25, 0.3) is 0 Å². The van der Waals surface area contributed by atoms with E-state index in [2.05, 4.69) is 11.7 Å². The van der Waals surface area contributed by atoms with Crippen molar-refractivity contribution in [2.24, 2.45) is 0 Å². The second-order valence-electron chi connectivity index (χ2n) is 1.75. The zero-order valence-electron chi connectivity index (χ0n) is 5.92. The van der Waals surface area contributed by atoms with E-state index >= 15 is 0 Å². The summed E-state index contributed by atoms with van der Waals surface area (Å²) in [7, 11) is 1.55. The van der Waals surface area contributed by atoms with E-state index in [-0.39, 0.29) is 0 Å². The van der Waals surface area contributed by atoms with Crippen LogP contribution in [0.2, 0.25) is 0 Å². The molecule has 0 amide bonds. The lowest BCUT2D eigenvalue weighted by Crippen LogP contribution is -2.07. The third kappa shape index (κ3) is 6.15. The highest BCUT2D eigenvalue weighted by molar-refractivity contribution is 7.80. The summed E-state index contributed by atoms with van der Waals surface area (Å²) in [6.45, 7) is 2.81. The fourth-order valence-corrected chi connectivity index (χ4v) is 0.488. The number of methoxy groups -OCH3 is 1. The SMILES string of the molecule is CCCCOC([S])OC. The molecule has 3 heteroatoms. The minimum absolute atomic E-state index is 0.462. The lowest BCUT2D eigenvalue weighted by Gasteiger charge is -2.07. The van der Waals surface area contributed by atoms with Gasteiger partial charge in [0.25, 0.3) is 0 Å². The minimum Gasteiger partial charge on any atom is -0.346 e. The Balaban J connectivity index is 2.88. The summed E-state index contributed by atoms with van der Waals surface area (Å²) < 4.78 is 9.71. The van der Waals surface area contributed by atoms with Gasteiger partial charge in [-0.05, 0) is 19.0 Å². The second kappa shape index (κ2) is 6.39. The lowest BCUT2D eigenvalue weighted by atomic mass is 10.4. The minimum atomic E-state index is -0.462. The predicted octanol–water partition coefficient (Wildman–Crippen LogP) is 1.93. The van der Waals surface area contributed by atoms with Crippen LogP contribution in [-0.4, -0.2) is 19.3 Å². The Labute approximate surface area is 61.9 Å². The molecule has 55 valence electrons. The molecule has 0 aromatic heterocycles. The largest absolute Gasteiger partial charge is 0.346 e. The summed E-state index contributed by atoms with van der Waals surface area (Å²) in [5, 5.41) is 0. The molecule has 0 spiro atoms. The summed E-state index contributed by atoms with van der Waals surface area (Å²) in [6, 6.07) is 0. The molecule has 0 N–H and O–H groups in total. The van der Waals surface area contributed by atoms with Crippen molar-refractivity contribution >= 4 is 12.6 Å². The van der Waals surface area contributed by atoms with Gasteiger partial charge in [-0.15, -0.1) is 0 Å². The van der Waals surface area contributed by atoms with Crippen LogP contribution in [0.3, 0.4) is 0 Å². The summed E-state index contributed by atoms with van der Waals surface area (Å²) in [5.41, 5.74) is -0.462. The molecule has 0 heterocycles. The molecule has 0 saturated heterocycles. The number of unbranched alkanes of at least 4 members (excludes halogenated alkanes) is 1. The van der Waals surface area contributed by atoms with E-state index in [1.165, 1.54) is 0 Å². The zero-order chi connectivity index (χ0) is 7.11. The van der Waals surface area contributed by atoms with Gasteiger partial charge >= 0.3 is 0 Å². The molecule has 0 aliphatic rings. The van der Waals surface area contributed by atoms with Gasteiger partial charge in [-0.2, -0.15) is 0 Å². The second-order valence-corrected chi connectivity index (χ2v) is 2.13. The standard InChI is InChI=1S/C6H13O2S/c1-3-4-5-8-6(9)7-2/h6H,3-5H2,1-2H3. The first-order chi connectivity index (χ1) is 4.31. The number of hydrogen-bond donors (Lipinski definition) is 0. The highest BCUT2D eigenvalue weighted by Gasteiger charge is 1.97. The Hall–Kier alpha value is 0.270. The monoisotopic (exact) mass is 149 g/mol. The van der Waals surface area contributed by atoms with Crippen LogP contribution < -0.4 is 0 Å². The first-order valence-electron chi connectivity index (χ1n) is 3.11. The van der Waals surface area contributed by atoms with Crippen molar-refractivity contribution in [2.75, 3.05) is 13.7 Å². The average Bonchev–Trinajstić information content (AvgIpc) is 1.89. The van der Waals surface area contributed by atoms with Crippen molar-refractivity contribution in [2.45, 2.75) is 25.4 Å². The molecular formula is C6H13O2S. The predicted molar refractivity (Wildman–Crippen MR) is 39.2 cm³/mol. The van der Waals surface area contributed by atoms with Crippen LogP contribution in [0.5, 0.6) is 0 Å². The summed E-state index contributed by atoms with van der Waals surface area (Å²) in [6.07, 6.45) is 2.18. The van der Waals surface area contributed by atoms with Gasteiger partial charge in [-0.25, -0.2) is 0 Å². The van der Waals surface area contributed by atoms with Crippen LogP contribution in [0.1, 0.15) is 19.8 Å². The highest BCUT2D eigenvalue weighted by Crippen LogP contribution is 1.98. The molecule has 2 nitrogen and oxygen atoms in total. The van der Waals surface area contributed by atoms with Gasteiger partial charge < -0.3 is 9.47 Å². The van der Waals surface area contributed by atoms with Gasteiger partial charge in [0.15, 0.2) is 0 Å². The van der Waals surface area contributed by atoms with E-state index in [0.717, 1.165) is 12.8 Å². The molecule has 0 rings (SSSR count). The molecule has 0 aromatic carbocycles. The van der Waals surface area contributed by atoms with Crippen molar-refractivity contribution < 1.29 is 9.47 Å². The Bertz CT molecular complexity index is 59.0. The summed E-state index contributed by atoms with van der Waals surface area (Å²) >= 11 is 4.71. The van der Waals surface area contributed by atoms with Crippen LogP contribution in [0.4, 0.5) is 0 Å². The maximum Gasteiger partial charge on any atom is 0.216 e. The van der Waals surface area contributed by atoms with E-state index < -0.39 is 5.62 Å². The smallest absolute Gasteiger partial charge is 0.216 e. The molecule has 0 bridgehead atoms. The Morgan fingerprint density at radius 3 is 2.67 bits per heavy atom. The lowest BCUT2D eigenvalue weighted by molar-refractivity contribution is -0.0593. The van der Waals surface area contributed by atoms with Crippen molar-refractivity contribution in [3.63, 3.8) is 0 Å².